The second-order valence-corrected chi connectivity index (χ2v) is 7.16. The van der Waals surface area contributed by atoms with Gasteiger partial charge in [-0.25, -0.2) is 9.97 Å². The number of nitrogen functional groups attached to an aromatic ring is 2. The minimum Gasteiger partial charge on any atom is -0.495 e. The number of carbonyl (C=O) groups excluding carboxylic acids is 1. The SMILES string of the molecule is COc1ccc(Cl)cc1NC(=O)c1ccc(CSc2nc(N)cc(N)n2)cc1. The van der Waals surface area contributed by atoms with Crippen molar-refractivity contribution in [2.75, 3.05) is 23.9 Å². The maximum atomic E-state index is 12.5. The number of halogens is 1. The highest BCUT2D eigenvalue weighted by molar-refractivity contribution is 7.98. The first-order valence-corrected chi connectivity index (χ1v) is 9.57. The van der Waals surface area contributed by atoms with E-state index in [4.69, 9.17) is 27.8 Å². The Hall–Kier alpha value is -2.97. The summed E-state index contributed by atoms with van der Waals surface area (Å²) >= 11 is 7.41. The van der Waals surface area contributed by atoms with Crippen molar-refractivity contribution >= 4 is 46.6 Å². The number of methoxy groups -OCH3 is 1. The molecule has 0 unspecified atom stereocenters. The highest BCUT2D eigenvalue weighted by atomic mass is 35.5. The van der Waals surface area contributed by atoms with E-state index in [1.165, 1.54) is 24.9 Å². The minimum atomic E-state index is -0.258. The van der Waals surface area contributed by atoms with E-state index in [0.29, 0.717) is 44.6 Å². The van der Waals surface area contributed by atoms with Gasteiger partial charge in [0.2, 0.25) is 0 Å². The number of carbonyl (C=O) groups is 1. The second-order valence-electron chi connectivity index (χ2n) is 5.78. The van der Waals surface area contributed by atoms with Crippen LogP contribution in [0.2, 0.25) is 5.02 Å². The normalized spacial score (nSPS) is 10.5. The molecule has 0 bridgehead atoms. The summed E-state index contributed by atoms with van der Waals surface area (Å²) in [5.74, 6) is 1.56. The lowest BCUT2D eigenvalue weighted by Gasteiger charge is -2.11. The number of rotatable bonds is 6. The van der Waals surface area contributed by atoms with E-state index in [2.05, 4.69) is 15.3 Å². The molecular formula is C19H18ClN5O2S. The van der Waals surface area contributed by atoms with Crippen molar-refractivity contribution in [1.29, 1.82) is 0 Å². The molecule has 3 rings (SSSR count). The van der Waals surface area contributed by atoms with Crippen LogP contribution in [0.3, 0.4) is 0 Å². The lowest BCUT2D eigenvalue weighted by Crippen LogP contribution is -2.12. The summed E-state index contributed by atoms with van der Waals surface area (Å²) in [6.07, 6.45) is 0. The van der Waals surface area contributed by atoms with Crippen LogP contribution < -0.4 is 21.5 Å². The predicted molar refractivity (Wildman–Crippen MR) is 113 cm³/mol. The van der Waals surface area contributed by atoms with Gasteiger partial charge in [-0.3, -0.25) is 4.79 Å². The number of aromatic nitrogens is 2. The van der Waals surface area contributed by atoms with Crippen molar-refractivity contribution in [3.63, 3.8) is 0 Å². The van der Waals surface area contributed by atoms with Crippen molar-refractivity contribution in [1.82, 2.24) is 9.97 Å². The molecular weight excluding hydrogens is 398 g/mol. The summed E-state index contributed by atoms with van der Waals surface area (Å²) in [6.45, 7) is 0. The number of nitrogens with one attached hydrogen (secondary N) is 1. The average Bonchev–Trinajstić information content (AvgIpc) is 2.66. The van der Waals surface area contributed by atoms with Gasteiger partial charge in [0.05, 0.1) is 12.8 Å². The van der Waals surface area contributed by atoms with Gasteiger partial charge in [0.15, 0.2) is 5.16 Å². The van der Waals surface area contributed by atoms with Gasteiger partial charge in [-0.2, -0.15) is 0 Å². The Morgan fingerprint density at radius 3 is 2.43 bits per heavy atom. The summed E-state index contributed by atoms with van der Waals surface area (Å²) < 4.78 is 5.24. The quantitative estimate of drug-likeness (QED) is 0.413. The Kier molecular flexibility index (Phi) is 6.23. The van der Waals surface area contributed by atoms with E-state index >= 15 is 0 Å². The number of benzene rings is 2. The molecule has 1 amide bonds. The lowest BCUT2D eigenvalue weighted by atomic mass is 10.1. The first-order valence-electron chi connectivity index (χ1n) is 8.21. The van der Waals surface area contributed by atoms with Crippen LogP contribution in [0.1, 0.15) is 15.9 Å². The maximum absolute atomic E-state index is 12.5. The van der Waals surface area contributed by atoms with Gasteiger partial charge in [-0.05, 0) is 35.9 Å². The number of nitrogens with two attached hydrogens (primary N) is 2. The van der Waals surface area contributed by atoms with Crippen LogP contribution in [0.5, 0.6) is 5.75 Å². The number of anilines is 3. The van der Waals surface area contributed by atoms with Gasteiger partial charge in [0.1, 0.15) is 17.4 Å². The van der Waals surface area contributed by atoms with Crippen LogP contribution in [0.15, 0.2) is 53.7 Å². The number of hydrogen-bond donors (Lipinski definition) is 3. The molecule has 0 fully saturated rings. The molecule has 1 aromatic heterocycles. The average molecular weight is 416 g/mol. The van der Waals surface area contributed by atoms with E-state index < -0.39 is 0 Å². The number of nitrogens with zero attached hydrogens (tertiary/aromatic N) is 2. The molecule has 5 N–H and O–H groups in total. The van der Waals surface area contributed by atoms with Crippen LogP contribution in [0.25, 0.3) is 0 Å². The molecule has 144 valence electrons. The third-order valence-electron chi connectivity index (χ3n) is 3.74. The molecule has 0 spiro atoms. The van der Waals surface area contributed by atoms with Crippen molar-refractivity contribution < 1.29 is 9.53 Å². The van der Waals surface area contributed by atoms with Gasteiger partial charge in [0.25, 0.3) is 5.91 Å². The monoisotopic (exact) mass is 415 g/mol. The maximum Gasteiger partial charge on any atom is 0.255 e. The zero-order chi connectivity index (χ0) is 20.1. The summed E-state index contributed by atoms with van der Waals surface area (Å²) in [5, 5.41) is 3.82. The molecule has 0 saturated carbocycles. The highest BCUT2D eigenvalue weighted by Gasteiger charge is 2.11. The van der Waals surface area contributed by atoms with Crippen molar-refractivity contribution in [2.45, 2.75) is 10.9 Å². The second kappa shape index (κ2) is 8.81. The van der Waals surface area contributed by atoms with Crippen molar-refractivity contribution in [2.24, 2.45) is 0 Å². The van der Waals surface area contributed by atoms with Crippen LogP contribution in [-0.2, 0) is 5.75 Å². The van der Waals surface area contributed by atoms with Crippen LogP contribution in [0.4, 0.5) is 17.3 Å². The molecule has 9 heteroatoms. The molecule has 0 aliphatic carbocycles. The Bertz CT molecular complexity index is 978. The number of hydrogen-bond acceptors (Lipinski definition) is 7. The molecule has 2 aromatic carbocycles. The van der Waals surface area contributed by atoms with E-state index in [9.17, 15) is 4.79 Å². The van der Waals surface area contributed by atoms with E-state index in [-0.39, 0.29) is 5.91 Å². The summed E-state index contributed by atoms with van der Waals surface area (Å²) in [7, 11) is 1.53. The van der Waals surface area contributed by atoms with Crippen molar-refractivity contribution in [3.05, 3.63) is 64.7 Å². The largest absolute Gasteiger partial charge is 0.495 e. The van der Waals surface area contributed by atoms with Crippen molar-refractivity contribution in [3.8, 4) is 5.75 Å². The molecule has 0 radical (unpaired) electrons. The zero-order valence-electron chi connectivity index (χ0n) is 15.0. The number of ether oxygens (including phenoxy) is 1. The Labute approximate surface area is 171 Å². The van der Waals surface area contributed by atoms with E-state index in [1.54, 1.807) is 30.3 Å². The first kappa shape index (κ1) is 19.8. The van der Waals surface area contributed by atoms with Crippen LogP contribution in [-0.4, -0.2) is 23.0 Å². The molecule has 28 heavy (non-hydrogen) atoms. The Morgan fingerprint density at radius 1 is 1.11 bits per heavy atom. The smallest absolute Gasteiger partial charge is 0.255 e. The molecule has 0 saturated heterocycles. The Balaban J connectivity index is 1.65. The molecule has 0 atom stereocenters. The van der Waals surface area contributed by atoms with Gasteiger partial charge >= 0.3 is 0 Å². The van der Waals surface area contributed by atoms with Gasteiger partial charge in [-0.1, -0.05) is 35.5 Å². The fraction of sp³-hybridized carbons (Fsp3) is 0.105. The summed E-state index contributed by atoms with van der Waals surface area (Å²) in [6, 6.07) is 13.8. The van der Waals surface area contributed by atoms with Crippen LogP contribution in [0, 0.1) is 0 Å². The molecule has 1 heterocycles. The topological polar surface area (TPSA) is 116 Å². The minimum absolute atomic E-state index is 0.258. The zero-order valence-corrected chi connectivity index (χ0v) is 16.6. The van der Waals surface area contributed by atoms with Crippen LogP contribution >= 0.6 is 23.4 Å². The molecule has 7 nitrogen and oxygen atoms in total. The first-order chi connectivity index (χ1) is 13.4. The molecule has 0 aliphatic rings. The Morgan fingerprint density at radius 2 is 1.79 bits per heavy atom. The standard InChI is InChI=1S/C19H18ClN5O2S/c1-27-15-7-6-13(20)8-14(15)23-18(26)12-4-2-11(3-5-12)10-28-19-24-16(21)9-17(22)25-19/h2-9H,10H2,1H3,(H,23,26)(H4,21,22,24,25). The predicted octanol–water partition coefficient (Wildman–Crippen LogP) is 3.85. The number of thioether (sulfide) groups is 1. The van der Waals surface area contributed by atoms with Gasteiger partial charge < -0.3 is 21.5 Å². The fourth-order valence-electron chi connectivity index (χ4n) is 2.40. The summed E-state index contributed by atoms with van der Waals surface area (Å²) in [4.78, 5) is 20.8. The molecule has 0 aliphatic heterocycles. The third kappa shape index (κ3) is 5.05. The van der Waals surface area contributed by atoms with Gasteiger partial charge in [0, 0.05) is 22.4 Å². The summed E-state index contributed by atoms with van der Waals surface area (Å²) in [5.41, 5.74) is 13.4. The third-order valence-corrected chi connectivity index (χ3v) is 4.89. The fourth-order valence-corrected chi connectivity index (χ4v) is 3.40. The highest BCUT2D eigenvalue weighted by Crippen LogP contribution is 2.28. The van der Waals surface area contributed by atoms with E-state index in [0.717, 1.165) is 5.56 Å². The van der Waals surface area contributed by atoms with E-state index in [1.807, 2.05) is 12.1 Å². The molecule has 3 aromatic rings. The number of amides is 1. The van der Waals surface area contributed by atoms with Gasteiger partial charge in [-0.15, -0.1) is 0 Å². The lowest BCUT2D eigenvalue weighted by molar-refractivity contribution is 0.102.